The largest absolute Gasteiger partial charge is 0.306 e. The molecule has 1 aromatic carbocycles. The molecule has 4 atom stereocenters. The van der Waals surface area contributed by atoms with E-state index in [4.69, 9.17) is 11.6 Å². The van der Waals surface area contributed by atoms with Crippen LogP contribution in [0.1, 0.15) is 58.6 Å². The lowest BCUT2D eigenvalue weighted by atomic mass is 9.68. The molecule has 0 spiro atoms. The van der Waals surface area contributed by atoms with Gasteiger partial charge in [-0.2, -0.15) is 0 Å². The van der Waals surface area contributed by atoms with Crippen molar-refractivity contribution in [1.29, 1.82) is 0 Å². The quantitative estimate of drug-likeness (QED) is 0.794. The van der Waals surface area contributed by atoms with E-state index in [0.29, 0.717) is 16.9 Å². The van der Waals surface area contributed by atoms with Crippen molar-refractivity contribution in [3.05, 3.63) is 34.6 Å². The van der Waals surface area contributed by atoms with Crippen LogP contribution in [-0.4, -0.2) is 6.04 Å². The van der Waals surface area contributed by atoms with Crippen LogP contribution in [0.25, 0.3) is 0 Å². The highest BCUT2D eigenvalue weighted by Crippen LogP contribution is 2.62. The Kier molecular flexibility index (Phi) is 3.61. The van der Waals surface area contributed by atoms with Gasteiger partial charge >= 0.3 is 0 Å². The second-order valence-corrected chi connectivity index (χ2v) is 8.32. The molecule has 2 aliphatic rings. The Morgan fingerprint density at radius 1 is 1.33 bits per heavy atom. The first-order valence-electron chi connectivity index (χ1n) is 7.95. The zero-order valence-corrected chi connectivity index (χ0v) is 14.1. The average Bonchev–Trinajstić information content (AvgIpc) is 2.89. The fourth-order valence-corrected chi connectivity index (χ4v) is 4.96. The van der Waals surface area contributed by atoms with Gasteiger partial charge in [0.25, 0.3) is 0 Å². The summed E-state index contributed by atoms with van der Waals surface area (Å²) in [6, 6.07) is 5.75. The lowest BCUT2D eigenvalue weighted by molar-refractivity contribution is 0.100. The third-order valence-electron chi connectivity index (χ3n) is 6.13. The number of benzene rings is 1. The fraction of sp³-hybridized carbons (Fsp3) is 0.667. The molecule has 0 aromatic heterocycles. The van der Waals surface area contributed by atoms with Crippen LogP contribution in [-0.2, 0) is 0 Å². The predicted octanol–water partition coefficient (Wildman–Crippen LogP) is 5.34. The molecule has 0 heterocycles. The first-order chi connectivity index (χ1) is 9.74. The molecule has 3 rings (SSSR count). The van der Waals surface area contributed by atoms with Crippen LogP contribution in [0.2, 0.25) is 5.02 Å². The maximum absolute atomic E-state index is 13.7. The minimum Gasteiger partial charge on any atom is -0.306 e. The Morgan fingerprint density at radius 2 is 2.05 bits per heavy atom. The minimum absolute atomic E-state index is 0.136. The van der Waals surface area contributed by atoms with Gasteiger partial charge in [-0.25, -0.2) is 4.39 Å². The van der Waals surface area contributed by atoms with Crippen molar-refractivity contribution in [3.63, 3.8) is 0 Å². The number of rotatable bonds is 3. The summed E-state index contributed by atoms with van der Waals surface area (Å²) in [5, 5.41) is 3.99. The second kappa shape index (κ2) is 4.96. The average molecular weight is 310 g/mol. The molecule has 0 amide bonds. The van der Waals surface area contributed by atoms with Gasteiger partial charge in [0.2, 0.25) is 0 Å². The van der Waals surface area contributed by atoms with Crippen LogP contribution >= 0.6 is 11.6 Å². The third kappa shape index (κ3) is 2.41. The topological polar surface area (TPSA) is 12.0 Å². The maximum Gasteiger partial charge on any atom is 0.142 e. The SMILES string of the molecule is CC(NC1C2(C)CCC(C2)C1(C)C)c1ccc(Cl)c(F)c1. The van der Waals surface area contributed by atoms with Gasteiger partial charge in [-0.05, 0) is 60.6 Å². The van der Waals surface area contributed by atoms with E-state index in [1.165, 1.54) is 19.3 Å². The van der Waals surface area contributed by atoms with E-state index in [1.807, 2.05) is 6.07 Å². The molecule has 3 heteroatoms. The Labute approximate surface area is 132 Å². The minimum atomic E-state index is -0.332. The van der Waals surface area contributed by atoms with Gasteiger partial charge in [-0.1, -0.05) is 38.4 Å². The fourth-order valence-electron chi connectivity index (χ4n) is 4.85. The van der Waals surface area contributed by atoms with E-state index in [1.54, 1.807) is 12.1 Å². The van der Waals surface area contributed by atoms with E-state index in [0.717, 1.165) is 11.5 Å². The summed E-state index contributed by atoms with van der Waals surface area (Å²) in [5.74, 6) is 0.482. The molecular weight excluding hydrogens is 285 g/mol. The number of fused-ring (bicyclic) bond motifs is 2. The van der Waals surface area contributed by atoms with Crippen LogP contribution < -0.4 is 5.32 Å². The second-order valence-electron chi connectivity index (χ2n) is 7.91. The van der Waals surface area contributed by atoms with E-state index in [-0.39, 0.29) is 16.9 Å². The summed E-state index contributed by atoms with van der Waals surface area (Å²) in [7, 11) is 0. The molecule has 2 fully saturated rings. The van der Waals surface area contributed by atoms with Gasteiger partial charge < -0.3 is 5.32 Å². The molecular formula is C18H25ClFN. The van der Waals surface area contributed by atoms with Crippen molar-refractivity contribution in [2.24, 2.45) is 16.7 Å². The number of hydrogen-bond donors (Lipinski definition) is 1. The van der Waals surface area contributed by atoms with Crippen molar-refractivity contribution in [1.82, 2.24) is 5.32 Å². The summed E-state index contributed by atoms with van der Waals surface area (Å²) >= 11 is 5.78. The standard InChI is InChI=1S/C18H25ClFN/c1-11(12-5-6-14(19)15(20)9-12)21-16-17(2,3)13-7-8-18(16,4)10-13/h5-6,9,11,13,16,21H,7-8,10H2,1-4H3. The van der Waals surface area contributed by atoms with Crippen LogP contribution in [0.3, 0.4) is 0 Å². The molecule has 2 bridgehead atoms. The highest BCUT2D eigenvalue weighted by atomic mass is 35.5. The van der Waals surface area contributed by atoms with Gasteiger partial charge in [-0.3, -0.25) is 0 Å². The number of halogens is 2. The van der Waals surface area contributed by atoms with Gasteiger partial charge in [0.1, 0.15) is 5.82 Å². The number of hydrogen-bond acceptors (Lipinski definition) is 1. The summed E-state index contributed by atoms with van der Waals surface area (Å²) in [4.78, 5) is 0. The van der Waals surface area contributed by atoms with Gasteiger partial charge in [0, 0.05) is 12.1 Å². The van der Waals surface area contributed by atoms with Crippen LogP contribution in [0, 0.1) is 22.6 Å². The van der Waals surface area contributed by atoms with E-state index in [2.05, 4.69) is 33.0 Å². The highest BCUT2D eigenvalue weighted by molar-refractivity contribution is 6.30. The summed E-state index contributed by atoms with van der Waals surface area (Å²) in [5.41, 5.74) is 1.67. The zero-order chi connectivity index (χ0) is 15.4. The van der Waals surface area contributed by atoms with E-state index < -0.39 is 0 Å². The summed E-state index contributed by atoms with van der Waals surface area (Å²) in [6.07, 6.45) is 3.98. The zero-order valence-electron chi connectivity index (χ0n) is 13.3. The summed E-state index contributed by atoms with van der Waals surface area (Å²) < 4.78 is 13.7. The van der Waals surface area contributed by atoms with Crippen LogP contribution in [0.4, 0.5) is 4.39 Å². The first-order valence-corrected chi connectivity index (χ1v) is 8.33. The lowest BCUT2D eigenvalue weighted by Crippen LogP contribution is -2.50. The lowest BCUT2D eigenvalue weighted by Gasteiger charge is -2.44. The Balaban J connectivity index is 1.81. The normalized spacial score (nSPS) is 35.1. The third-order valence-corrected chi connectivity index (χ3v) is 6.44. The van der Waals surface area contributed by atoms with Gasteiger partial charge in [-0.15, -0.1) is 0 Å². The molecule has 1 nitrogen and oxygen atoms in total. The van der Waals surface area contributed by atoms with E-state index in [9.17, 15) is 4.39 Å². The Bertz CT molecular complexity index is 551. The van der Waals surface area contributed by atoms with Crippen molar-refractivity contribution in [3.8, 4) is 0 Å². The van der Waals surface area contributed by atoms with Crippen molar-refractivity contribution >= 4 is 11.6 Å². The molecule has 1 N–H and O–H groups in total. The maximum atomic E-state index is 13.7. The van der Waals surface area contributed by atoms with Crippen LogP contribution in [0.5, 0.6) is 0 Å². The molecule has 0 aliphatic heterocycles. The molecule has 2 saturated carbocycles. The van der Waals surface area contributed by atoms with Crippen molar-refractivity contribution in [2.75, 3.05) is 0 Å². The number of nitrogens with one attached hydrogen (secondary N) is 1. The highest BCUT2D eigenvalue weighted by Gasteiger charge is 2.59. The summed E-state index contributed by atoms with van der Waals surface area (Å²) in [6.45, 7) is 9.30. The van der Waals surface area contributed by atoms with E-state index >= 15 is 0 Å². The first kappa shape index (κ1) is 15.3. The smallest absolute Gasteiger partial charge is 0.142 e. The molecule has 2 aliphatic carbocycles. The monoisotopic (exact) mass is 309 g/mol. The van der Waals surface area contributed by atoms with Gasteiger partial charge in [0.15, 0.2) is 0 Å². The Hall–Kier alpha value is -0.600. The molecule has 21 heavy (non-hydrogen) atoms. The molecule has 116 valence electrons. The Morgan fingerprint density at radius 3 is 2.62 bits per heavy atom. The molecule has 0 radical (unpaired) electrons. The predicted molar refractivity (Wildman–Crippen MR) is 86.0 cm³/mol. The molecule has 1 aromatic rings. The van der Waals surface area contributed by atoms with Gasteiger partial charge in [0.05, 0.1) is 5.02 Å². The van der Waals surface area contributed by atoms with Crippen LogP contribution in [0.15, 0.2) is 18.2 Å². The van der Waals surface area contributed by atoms with Crippen molar-refractivity contribution < 1.29 is 4.39 Å². The van der Waals surface area contributed by atoms with Crippen molar-refractivity contribution in [2.45, 2.75) is 59.0 Å². The molecule has 4 unspecified atom stereocenters. The molecule has 0 saturated heterocycles.